The molecule has 0 fully saturated rings. The van der Waals surface area contributed by atoms with E-state index in [1.165, 1.54) is 18.7 Å². The average molecular weight is 346 g/mol. The minimum atomic E-state index is -0.111. The molecule has 0 radical (unpaired) electrons. The summed E-state index contributed by atoms with van der Waals surface area (Å²) < 4.78 is 2.07. The molecule has 0 aliphatic rings. The zero-order valence-corrected chi connectivity index (χ0v) is 15.0. The van der Waals surface area contributed by atoms with Crippen molar-refractivity contribution in [2.24, 2.45) is 0 Å². The van der Waals surface area contributed by atoms with Crippen LogP contribution in [0.5, 0.6) is 0 Å². The van der Waals surface area contributed by atoms with E-state index in [-0.39, 0.29) is 17.4 Å². The van der Waals surface area contributed by atoms with E-state index in [0.29, 0.717) is 11.3 Å². The highest BCUT2D eigenvalue weighted by Gasteiger charge is 2.12. The molecule has 1 N–H and O–H groups in total. The molecule has 6 nitrogen and oxygen atoms in total. The number of rotatable bonds is 8. The SMILES string of the molecule is CCCn1c(CC)nnc1SCC(=O)Nc1ccc(C(C)=O)cc1. The summed E-state index contributed by atoms with van der Waals surface area (Å²) in [5, 5.41) is 11.9. The molecule has 0 aliphatic heterocycles. The van der Waals surface area contributed by atoms with Crippen molar-refractivity contribution < 1.29 is 9.59 Å². The van der Waals surface area contributed by atoms with Gasteiger partial charge in [0, 0.05) is 24.2 Å². The predicted molar refractivity (Wildman–Crippen MR) is 95.5 cm³/mol. The lowest BCUT2D eigenvalue weighted by Gasteiger charge is -2.08. The van der Waals surface area contributed by atoms with Crippen LogP contribution in [0.25, 0.3) is 0 Å². The number of amides is 1. The average Bonchev–Trinajstić information content (AvgIpc) is 2.96. The first-order chi connectivity index (χ1) is 11.5. The van der Waals surface area contributed by atoms with Gasteiger partial charge in [0.05, 0.1) is 5.75 Å². The molecule has 24 heavy (non-hydrogen) atoms. The normalized spacial score (nSPS) is 10.6. The molecule has 0 unspecified atom stereocenters. The molecule has 0 atom stereocenters. The van der Waals surface area contributed by atoms with Gasteiger partial charge < -0.3 is 9.88 Å². The highest BCUT2D eigenvalue weighted by Crippen LogP contribution is 2.18. The molecule has 1 aromatic heterocycles. The number of thioether (sulfide) groups is 1. The van der Waals surface area contributed by atoms with Crippen LogP contribution in [0.4, 0.5) is 5.69 Å². The quantitative estimate of drug-likeness (QED) is 0.587. The largest absolute Gasteiger partial charge is 0.325 e. The van der Waals surface area contributed by atoms with E-state index in [4.69, 9.17) is 0 Å². The van der Waals surface area contributed by atoms with Gasteiger partial charge in [-0.05, 0) is 37.6 Å². The summed E-state index contributed by atoms with van der Waals surface area (Å²) in [6, 6.07) is 6.87. The van der Waals surface area contributed by atoms with Crippen LogP contribution in [0.15, 0.2) is 29.4 Å². The second-order valence-corrected chi connectivity index (χ2v) is 6.32. The van der Waals surface area contributed by atoms with Gasteiger partial charge in [-0.2, -0.15) is 0 Å². The third-order valence-corrected chi connectivity index (χ3v) is 4.43. The summed E-state index contributed by atoms with van der Waals surface area (Å²) in [4.78, 5) is 23.3. The van der Waals surface area contributed by atoms with Crippen molar-refractivity contribution in [3.05, 3.63) is 35.7 Å². The zero-order chi connectivity index (χ0) is 17.5. The molecule has 0 spiro atoms. The number of hydrogen-bond acceptors (Lipinski definition) is 5. The Bertz CT molecular complexity index is 710. The van der Waals surface area contributed by atoms with Gasteiger partial charge in [-0.15, -0.1) is 10.2 Å². The maximum atomic E-state index is 12.1. The van der Waals surface area contributed by atoms with Gasteiger partial charge in [0.2, 0.25) is 5.91 Å². The molecule has 0 saturated heterocycles. The number of carbonyl (C=O) groups excluding carboxylic acids is 2. The number of ketones is 1. The number of nitrogens with zero attached hydrogens (tertiary/aromatic N) is 3. The molecule has 1 aromatic carbocycles. The van der Waals surface area contributed by atoms with E-state index in [2.05, 4.69) is 27.0 Å². The predicted octanol–water partition coefficient (Wildman–Crippen LogP) is 3.18. The first kappa shape index (κ1) is 18.2. The number of hydrogen-bond donors (Lipinski definition) is 1. The number of benzene rings is 1. The van der Waals surface area contributed by atoms with Crippen LogP contribution in [0.2, 0.25) is 0 Å². The van der Waals surface area contributed by atoms with E-state index in [1.807, 2.05) is 6.92 Å². The molecular weight excluding hydrogens is 324 g/mol. The van der Waals surface area contributed by atoms with Gasteiger partial charge in [-0.1, -0.05) is 25.6 Å². The fourth-order valence-electron chi connectivity index (χ4n) is 2.25. The number of anilines is 1. The summed E-state index contributed by atoms with van der Waals surface area (Å²) >= 11 is 1.38. The monoisotopic (exact) mass is 346 g/mol. The highest BCUT2D eigenvalue weighted by atomic mass is 32.2. The Morgan fingerprint density at radius 1 is 1.17 bits per heavy atom. The minimum Gasteiger partial charge on any atom is -0.325 e. The number of Topliss-reactive ketones (excluding diaryl/α,β-unsaturated/α-hetero) is 1. The molecule has 128 valence electrons. The second kappa shape index (κ2) is 8.63. The van der Waals surface area contributed by atoms with Crippen LogP contribution in [-0.4, -0.2) is 32.2 Å². The van der Waals surface area contributed by atoms with Gasteiger partial charge in [-0.25, -0.2) is 0 Å². The topological polar surface area (TPSA) is 76.9 Å². The molecule has 0 aliphatic carbocycles. The van der Waals surface area contributed by atoms with Gasteiger partial charge in [0.25, 0.3) is 0 Å². The molecular formula is C17H22N4O2S. The van der Waals surface area contributed by atoms with E-state index in [9.17, 15) is 9.59 Å². The Morgan fingerprint density at radius 2 is 1.88 bits per heavy atom. The fourth-order valence-corrected chi connectivity index (χ4v) is 3.03. The molecule has 2 rings (SSSR count). The van der Waals surface area contributed by atoms with Crippen LogP contribution < -0.4 is 5.32 Å². The third-order valence-electron chi connectivity index (χ3n) is 3.46. The van der Waals surface area contributed by atoms with Crippen molar-refractivity contribution in [1.29, 1.82) is 0 Å². The summed E-state index contributed by atoms with van der Waals surface area (Å²) in [7, 11) is 0. The van der Waals surface area contributed by atoms with Crippen LogP contribution in [0.3, 0.4) is 0 Å². The summed E-state index contributed by atoms with van der Waals surface area (Å²) in [6.07, 6.45) is 1.82. The Morgan fingerprint density at radius 3 is 2.46 bits per heavy atom. The lowest BCUT2D eigenvalue weighted by molar-refractivity contribution is -0.113. The Hall–Kier alpha value is -2.15. The third kappa shape index (κ3) is 4.67. The van der Waals surface area contributed by atoms with Crippen molar-refractivity contribution in [1.82, 2.24) is 14.8 Å². The Balaban J connectivity index is 1.93. The smallest absolute Gasteiger partial charge is 0.234 e. The van der Waals surface area contributed by atoms with Crippen molar-refractivity contribution >= 4 is 29.1 Å². The minimum absolute atomic E-state index is 0.00502. The van der Waals surface area contributed by atoms with E-state index in [0.717, 1.165) is 30.4 Å². The molecule has 1 heterocycles. The maximum absolute atomic E-state index is 12.1. The van der Waals surface area contributed by atoms with E-state index in [1.54, 1.807) is 24.3 Å². The van der Waals surface area contributed by atoms with Crippen LogP contribution in [0.1, 0.15) is 43.4 Å². The highest BCUT2D eigenvalue weighted by molar-refractivity contribution is 7.99. The fraction of sp³-hybridized carbons (Fsp3) is 0.412. The lowest BCUT2D eigenvalue weighted by atomic mass is 10.1. The Labute approximate surface area is 146 Å². The van der Waals surface area contributed by atoms with Crippen molar-refractivity contribution in [3.63, 3.8) is 0 Å². The maximum Gasteiger partial charge on any atom is 0.234 e. The van der Waals surface area contributed by atoms with Crippen molar-refractivity contribution in [3.8, 4) is 0 Å². The first-order valence-electron chi connectivity index (χ1n) is 8.00. The van der Waals surface area contributed by atoms with Crippen molar-refractivity contribution in [2.75, 3.05) is 11.1 Å². The van der Waals surface area contributed by atoms with Gasteiger partial charge in [0.15, 0.2) is 10.9 Å². The molecule has 1 amide bonds. The van der Waals surface area contributed by atoms with Gasteiger partial charge >= 0.3 is 0 Å². The number of aryl methyl sites for hydroxylation is 1. The standard InChI is InChI=1S/C17H22N4O2S/c1-4-10-21-15(5-2)19-20-17(21)24-11-16(23)18-14-8-6-13(7-9-14)12(3)22/h6-9H,4-5,10-11H2,1-3H3,(H,18,23). The molecule has 7 heteroatoms. The molecule has 2 aromatic rings. The lowest BCUT2D eigenvalue weighted by Crippen LogP contribution is -2.15. The van der Waals surface area contributed by atoms with Crippen molar-refractivity contribution in [2.45, 2.75) is 45.3 Å². The van der Waals surface area contributed by atoms with Gasteiger partial charge in [0.1, 0.15) is 5.82 Å². The summed E-state index contributed by atoms with van der Waals surface area (Å²) in [5.74, 6) is 1.10. The second-order valence-electron chi connectivity index (χ2n) is 5.37. The Kier molecular flexibility index (Phi) is 6.54. The number of nitrogens with one attached hydrogen (secondary N) is 1. The van der Waals surface area contributed by atoms with Crippen LogP contribution in [0, 0.1) is 0 Å². The van der Waals surface area contributed by atoms with E-state index < -0.39 is 0 Å². The summed E-state index contributed by atoms with van der Waals surface area (Å²) in [5.41, 5.74) is 1.30. The van der Waals surface area contributed by atoms with Crippen LogP contribution >= 0.6 is 11.8 Å². The first-order valence-corrected chi connectivity index (χ1v) is 8.99. The number of carbonyl (C=O) groups is 2. The van der Waals surface area contributed by atoms with Crippen LogP contribution in [-0.2, 0) is 17.8 Å². The van der Waals surface area contributed by atoms with E-state index >= 15 is 0 Å². The molecule has 0 saturated carbocycles. The summed E-state index contributed by atoms with van der Waals surface area (Å²) in [6.45, 7) is 6.52. The number of aromatic nitrogens is 3. The zero-order valence-electron chi connectivity index (χ0n) is 14.2. The van der Waals surface area contributed by atoms with Gasteiger partial charge in [-0.3, -0.25) is 9.59 Å². The molecule has 0 bridgehead atoms.